The van der Waals surface area contributed by atoms with Crippen LogP contribution in [-0.4, -0.2) is 40.8 Å². The maximum Gasteiger partial charge on any atom is 0.343 e. The largest absolute Gasteiger partial charge is 0.462 e. The molecule has 2 fully saturated rings. The minimum atomic E-state index is -0.564. The van der Waals surface area contributed by atoms with E-state index in [1.807, 2.05) is 6.20 Å². The molecule has 0 aromatic carbocycles. The normalized spacial score (nSPS) is 24.0. The van der Waals surface area contributed by atoms with Crippen LogP contribution in [0.3, 0.4) is 0 Å². The molecule has 7 heteroatoms. The van der Waals surface area contributed by atoms with E-state index in [0.29, 0.717) is 17.6 Å². The highest BCUT2D eigenvalue weighted by molar-refractivity contribution is 5.94. The first-order chi connectivity index (χ1) is 13.6. The van der Waals surface area contributed by atoms with E-state index >= 15 is 0 Å². The highest BCUT2D eigenvalue weighted by Crippen LogP contribution is 2.41. The van der Waals surface area contributed by atoms with Crippen LogP contribution >= 0.6 is 0 Å². The van der Waals surface area contributed by atoms with Crippen molar-refractivity contribution in [3.05, 3.63) is 33.7 Å². The first-order valence-corrected chi connectivity index (χ1v) is 10.3. The van der Waals surface area contributed by atoms with Crippen LogP contribution < -0.4 is 16.1 Å². The molecule has 148 valence electrons. The van der Waals surface area contributed by atoms with Gasteiger partial charge in [0.25, 0.3) is 0 Å². The van der Waals surface area contributed by atoms with Gasteiger partial charge in [-0.25, -0.2) is 9.78 Å². The summed E-state index contributed by atoms with van der Waals surface area (Å²) in [5, 5.41) is 0. The Bertz CT molecular complexity index is 1010. The minimum absolute atomic E-state index is 0.0865. The smallest absolute Gasteiger partial charge is 0.343 e. The molecule has 2 aromatic rings. The third kappa shape index (κ3) is 2.71. The molecule has 0 spiro atoms. The molecule has 2 aliphatic heterocycles. The summed E-state index contributed by atoms with van der Waals surface area (Å²) in [7, 11) is 0. The molecule has 1 aliphatic carbocycles. The average Bonchev–Trinajstić information content (AvgIpc) is 3.47. The molecule has 1 saturated heterocycles. The number of hydrogen-bond acceptors (Lipinski definition) is 6. The number of fused-ring (bicyclic) bond motifs is 5. The number of nitrogens with two attached hydrogens (primary N) is 1. The number of aromatic nitrogens is 2. The van der Waals surface area contributed by atoms with Crippen LogP contribution in [0.25, 0.3) is 11.0 Å². The van der Waals surface area contributed by atoms with Gasteiger partial charge in [0.15, 0.2) is 0 Å². The van der Waals surface area contributed by atoms with Gasteiger partial charge in [-0.3, -0.25) is 4.79 Å². The summed E-state index contributed by atoms with van der Waals surface area (Å²) in [4.78, 5) is 32.4. The molecule has 7 nitrogen and oxygen atoms in total. The molecule has 2 N–H and O–H groups in total. The van der Waals surface area contributed by atoms with E-state index < -0.39 is 5.97 Å². The zero-order valence-corrected chi connectivity index (χ0v) is 16.2. The van der Waals surface area contributed by atoms with Crippen molar-refractivity contribution in [2.24, 2.45) is 5.73 Å². The fourth-order valence-electron chi connectivity index (χ4n) is 4.89. The third-order valence-electron chi connectivity index (χ3n) is 6.28. The molecular formula is C21H26N4O3. The van der Waals surface area contributed by atoms with Crippen molar-refractivity contribution in [2.75, 3.05) is 18.1 Å². The number of pyridine rings is 2. The Morgan fingerprint density at radius 1 is 1.32 bits per heavy atom. The van der Waals surface area contributed by atoms with Crippen molar-refractivity contribution in [3.63, 3.8) is 0 Å². The number of esters is 1. The Morgan fingerprint density at radius 2 is 2.14 bits per heavy atom. The van der Waals surface area contributed by atoms with Gasteiger partial charge in [0.2, 0.25) is 5.43 Å². The zero-order valence-electron chi connectivity index (χ0n) is 16.2. The Balaban J connectivity index is 1.75. The number of rotatable bonds is 3. The van der Waals surface area contributed by atoms with Crippen molar-refractivity contribution >= 4 is 22.7 Å². The zero-order chi connectivity index (χ0) is 19.4. The van der Waals surface area contributed by atoms with Crippen molar-refractivity contribution < 1.29 is 9.53 Å². The van der Waals surface area contributed by atoms with E-state index in [1.165, 1.54) is 5.56 Å². The van der Waals surface area contributed by atoms with Gasteiger partial charge in [-0.15, -0.1) is 0 Å². The second-order valence-electron chi connectivity index (χ2n) is 8.24. The summed E-state index contributed by atoms with van der Waals surface area (Å²) in [5.41, 5.74) is 9.58. The third-order valence-corrected chi connectivity index (χ3v) is 6.28. The van der Waals surface area contributed by atoms with Crippen LogP contribution in [0.15, 0.2) is 17.2 Å². The average molecular weight is 382 g/mol. The van der Waals surface area contributed by atoms with E-state index in [9.17, 15) is 9.59 Å². The predicted molar refractivity (Wildman–Crippen MR) is 107 cm³/mol. The number of ether oxygens (including phenoxy) is 1. The molecular weight excluding hydrogens is 356 g/mol. The maximum absolute atomic E-state index is 13.1. The van der Waals surface area contributed by atoms with Crippen LogP contribution in [0.5, 0.6) is 0 Å². The standard InChI is InChI=1S/C21H26N4O3/c1-2-28-21(27)16-11-25(13-6-7-13)19-15-5-3-4-14-8-12(22)10-24(14)17(15)9-23-18(19)20(16)26/h9,11-14H,2-8,10,22H2,1H3/t12-,14+/m0/s1. The van der Waals surface area contributed by atoms with Crippen LogP contribution in [0.1, 0.15) is 61.0 Å². The fourth-order valence-corrected chi connectivity index (χ4v) is 4.89. The Morgan fingerprint density at radius 3 is 2.89 bits per heavy atom. The van der Waals surface area contributed by atoms with E-state index in [2.05, 4.69) is 14.5 Å². The lowest BCUT2D eigenvalue weighted by Crippen LogP contribution is -2.31. The highest BCUT2D eigenvalue weighted by atomic mass is 16.5. The Labute approximate surface area is 163 Å². The first-order valence-electron chi connectivity index (χ1n) is 10.3. The molecule has 1 saturated carbocycles. The lowest BCUT2D eigenvalue weighted by atomic mass is 10.0. The minimum Gasteiger partial charge on any atom is -0.462 e. The monoisotopic (exact) mass is 382 g/mol. The number of anilines is 1. The molecule has 2 aromatic heterocycles. The van der Waals surface area contributed by atoms with Crippen molar-refractivity contribution in [3.8, 4) is 0 Å². The van der Waals surface area contributed by atoms with Crippen LogP contribution in [0.4, 0.5) is 5.69 Å². The lowest BCUT2D eigenvalue weighted by molar-refractivity contribution is 0.0524. The molecule has 3 aliphatic rings. The van der Waals surface area contributed by atoms with Gasteiger partial charge in [-0.05, 0) is 45.4 Å². The summed E-state index contributed by atoms with van der Waals surface area (Å²) in [6, 6.07) is 0.961. The fraction of sp³-hybridized carbons (Fsp3) is 0.571. The first kappa shape index (κ1) is 17.7. The van der Waals surface area contributed by atoms with Crippen LogP contribution in [0.2, 0.25) is 0 Å². The quantitative estimate of drug-likeness (QED) is 0.818. The second kappa shape index (κ2) is 6.58. The van der Waals surface area contributed by atoms with E-state index in [-0.39, 0.29) is 23.6 Å². The Kier molecular flexibility index (Phi) is 4.16. The number of hydrogen-bond donors (Lipinski definition) is 1. The van der Waals surface area contributed by atoms with Gasteiger partial charge in [0.05, 0.1) is 24.0 Å². The van der Waals surface area contributed by atoms with Gasteiger partial charge in [0.1, 0.15) is 11.1 Å². The van der Waals surface area contributed by atoms with E-state index in [0.717, 1.165) is 56.3 Å². The van der Waals surface area contributed by atoms with Crippen molar-refractivity contribution in [2.45, 2.75) is 63.6 Å². The van der Waals surface area contributed by atoms with Crippen LogP contribution in [0, 0.1) is 0 Å². The number of aryl methyl sites for hydroxylation is 1. The summed E-state index contributed by atoms with van der Waals surface area (Å²) in [5.74, 6) is -0.564. The molecule has 0 unspecified atom stereocenters. The SMILES string of the molecule is CCOC(=O)c1cn(C2CC2)c2c3c(cnc2c1=O)N1C[C@@H](N)C[C@H]1CCC3. The Hall–Kier alpha value is -2.41. The second-order valence-corrected chi connectivity index (χ2v) is 8.24. The molecule has 5 rings (SSSR count). The molecule has 0 bridgehead atoms. The van der Waals surface area contributed by atoms with Crippen LogP contribution in [-0.2, 0) is 11.2 Å². The molecule has 28 heavy (non-hydrogen) atoms. The maximum atomic E-state index is 13.1. The lowest BCUT2D eigenvalue weighted by Gasteiger charge is -2.26. The number of carbonyl (C=O) groups excluding carboxylic acids is 1. The molecule has 0 amide bonds. The van der Waals surface area contributed by atoms with Crippen molar-refractivity contribution in [1.82, 2.24) is 9.55 Å². The van der Waals surface area contributed by atoms with Gasteiger partial charge in [-0.1, -0.05) is 0 Å². The topological polar surface area (TPSA) is 90.5 Å². The molecule has 0 radical (unpaired) electrons. The van der Waals surface area contributed by atoms with Gasteiger partial charge >= 0.3 is 5.97 Å². The molecule has 2 atom stereocenters. The van der Waals surface area contributed by atoms with Gasteiger partial charge in [0, 0.05) is 36.4 Å². The number of nitrogens with zero attached hydrogens (tertiary/aromatic N) is 3. The number of carbonyl (C=O) groups is 1. The summed E-state index contributed by atoms with van der Waals surface area (Å²) >= 11 is 0. The summed E-state index contributed by atoms with van der Waals surface area (Å²) < 4.78 is 7.23. The van der Waals surface area contributed by atoms with Gasteiger partial charge < -0.3 is 19.9 Å². The predicted octanol–water partition coefficient (Wildman–Crippen LogP) is 2.15. The van der Waals surface area contributed by atoms with E-state index in [4.69, 9.17) is 10.5 Å². The van der Waals surface area contributed by atoms with E-state index in [1.54, 1.807) is 13.1 Å². The highest BCUT2D eigenvalue weighted by Gasteiger charge is 2.35. The molecule has 4 heterocycles. The summed E-state index contributed by atoms with van der Waals surface area (Å²) in [6.45, 7) is 2.82. The summed E-state index contributed by atoms with van der Waals surface area (Å²) in [6.07, 6.45) is 9.75. The van der Waals surface area contributed by atoms with Gasteiger partial charge in [-0.2, -0.15) is 0 Å². The van der Waals surface area contributed by atoms with Crippen molar-refractivity contribution in [1.29, 1.82) is 0 Å².